The number of rotatable bonds is 2. The van der Waals surface area contributed by atoms with E-state index in [1.807, 2.05) is 12.1 Å². The standard InChI is InChI=1S/C10H12N2O3/c1-13-12-10(11)7-2-3-8-9(6-7)15-5-4-14-8/h2-3,6H,4-5H2,1H3,(H2,11,12). The lowest BCUT2D eigenvalue weighted by Gasteiger charge is -2.18. The number of benzene rings is 1. The molecule has 2 rings (SSSR count). The van der Waals surface area contributed by atoms with Crippen LogP contribution in [0.2, 0.25) is 0 Å². The van der Waals surface area contributed by atoms with Gasteiger partial charge in [0.2, 0.25) is 0 Å². The van der Waals surface area contributed by atoms with E-state index in [4.69, 9.17) is 15.2 Å². The first-order chi connectivity index (χ1) is 7.31. The minimum atomic E-state index is 0.314. The number of fused-ring (bicyclic) bond motifs is 1. The van der Waals surface area contributed by atoms with Crippen molar-refractivity contribution in [2.75, 3.05) is 20.3 Å². The average Bonchev–Trinajstić information content (AvgIpc) is 2.29. The predicted molar refractivity (Wildman–Crippen MR) is 55.2 cm³/mol. The van der Waals surface area contributed by atoms with E-state index in [1.165, 1.54) is 7.11 Å². The Hall–Kier alpha value is -1.91. The fourth-order valence-electron chi connectivity index (χ4n) is 1.35. The van der Waals surface area contributed by atoms with Crippen LogP contribution in [0.15, 0.2) is 23.4 Å². The third-order valence-corrected chi connectivity index (χ3v) is 2.03. The van der Waals surface area contributed by atoms with Crippen molar-refractivity contribution < 1.29 is 14.3 Å². The van der Waals surface area contributed by atoms with Crippen molar-refractivity contribution >= 4 is 5.84 Å². The first-order valence-electron chi connectivity index (χ1n) is 4.58. The van der Waals surface area contributed by atoms with E-state index in [2.05, 4.69) is 9.99 Å². The molecule has 2 N–H and O–H groups in total. The van der Waals surface area contributed by atoms with Gasteiger partial charge in [0, 0.05) is 5.56 Å². The number of oxime groups is 1. The van der Waals surface area contributed by atoms with Gasteiger partial charge in [0.25, 0.3) is 0 Å². The molecule has 5 heteroatoms. The maximum absolute atomic E-state index is 5.67. The molecule has 0 fully saturated rings. The minimum absolute atomic E-state index is 0.314. The quantitative estimate of drug-likeness (QED) is 0.442. The summed E-state index contributed by atoms with van der Waals surface area (Å²) in [5.41, 5.74) is 6.42. The average molecular weight is 208 g/mol. The van der Waals surface area contributed by atoms with Gasteiger partial charge >= 0.3 is 0 Å². The number of amidine groups is 1. The van der Waals surface area contributed by atoms with Crippen LogP contribution in [0.5, 0.6) is 11.5 Å². The Morgan fingerprint density at radius 2 is 2.07 bits per heavy atom. The van der Waals surface area contributed by atoms with E-state index in [0.29, 0.717) is 24.8 Å². The van der Waals surface area contributed by atoms with Crippen LogP contribution < -0.4 is 15.2 Å². The second-order valence-corrected chi connectivity index (χ2v) is 3.02. The normalized spacial score (nSPS) is 14.9. The van der Waals surface area contributed by atoms with Gasteiger partial charge in [-0.2, -0.15) is 0 Å². The van der Waals surface area contributed by atoms with Gasteiger partial charge in [-0.25, -0.2) is 0 Å². The molecule has 0 atom stereocenters. The Bertz CT molecular complexity index is 390. The van der Waals surface area contributed by atoms with E-state index in [1.54, 1.807) is 6.07 Å². The molecule has 0 saturated heterocycles. The molecule has 1 aromatic carbocycles. The Morgan fingerprint density at radius 3 is 2.80 bits per heavy atom. The first-order valence-corrected chi connectivity index (χ1v) is 4.58. The molecule has 0 aliphatic carbocycles. The highest BCUT2D eigenvalue weighted by molar-refractivity contribution is 5.97. The van der Waals surface area contributed by atoms with Crippen LogP contribution in [-0.4, -0.2) is 26.2 Å². The van der Waals surface area contributed by atoms with E-state index < -0.39 is 0 Å². The van der Waals surface area contributed by atoms with Crippen molar-refractivity contribution in [1.82, 2.24) is 0 Å². The molecule has 0 amide bonds. The number of nitrogens with two attached hydrogens (primary N) is 1. The van der Waals surface area contributed by atoms with Crippen LogP contribution in [0.4, 0.5) is 0 Å². The van der Waals surface area contributed by atoms with Gasteiger partial charge in [-0.15, -0.1) is 0 Å². The van der Waals surface area contributed by atoms with Gasteiger partial charge in [-0.3, -0.25) is 0 Å². The molecular formula is C10H12N2O3. The van der Waals surface area contributed by atoms with Crippen molar-refractivity contribution in [3.63, 3.8) is 0 Å². The summed E-state index contributed by atoms with van der Waals surface area (Å²) in [5, 5.41) is 3.64. The van der Waals surface area contributed by atoms with Crippen LogP contribution in [0.3, 0.4) is 0 Å². The summed E-state index contributed by atoms with van der Waals surface area (Å²) in [6.45, 7) is 1.13. The van der Waals surface area contributed by atoms with Crippen molar-refractivity contribution in [3.8, 4) is 11.5 Å². The Labute approximate surface area is 87.4 Å². The zero-order valence-corrected chi connectivity index (χ0v) is 8.40. The highest BCUT2D eigenvalue weighted by atomic mass is 16.6. The van der Waals surface area contributed by atoms with Gasteiger partial charge in [0.05, 0.1) is 0 Å². The molecule has 1 heterocycles. The maximum atomic E-state index is 5.67. The second-order valence-electron chi connectivity index (χ2n) is 3.02. The smallest absolute Gasteiger partial charge is 0.170 e. The van der Waals surface area contributed by atoms with Gasteiger partial charge in [-0.1, -0.05) is 5.16 Å². The van der Waals surface area contributed by atoms with Gasteiger partial charge in [0.1, 0.15) is 20.3 Å². The molecule has 0 spiro atoms. The van der Waals surface area contributed by atoms with Crippen molar-refractivity contribution in [2.24, 2.45) is 10.9 Å². The number of hydrogen-bond donors (Lipinski definition) is 1. The highest BCUT2D eigenvalue weighted by Crippen LogP contribution is 2.30. The molecule has 1 aliphatic rings. The van der Waals surface area contributed by atoms with E-state index in [0.717, 1.165) is 11.3 Å². The summed E-state index contributed by atoms with van der Waals surface area (Å²) in [6, 6.07) is 5.40. The summed E-state index contributed by atoms with van der Waals surface area (Å²) in [6.07, 6.45) is 0. The molecule has 1 aliphatic heterocycles. The fraction of sp³-hybridized carbons (Fsp3) is 0.300. The number of nitrogens with zero attached hydrogens (tertiary/aromatic N) is 1. The molecular weight excluding hydrogens is 196 g/mol. The second kappa shape index (κ2) is 4.08. The largest absolute Gasteiger partial charge is 0.486 e. The van der Waals surface area contributed by atoms with Gasteiger partial charge < -0.3 is 20.0 Å². The summed E-state index contributed by atoms with van der Waals surface area (Å²) >= 11 is 0. The van der Waals surface area contributed by atoms with E-state index >= 15 is 0 Å². The Kier molecular flexibility index (Phi) is 2.62. The monoisotopic (exact) mass is 208 g/mol. The summed E-state index contributed by atoms with van der Waals surface area (Å²) in [4.78, 5) is 4.59. The lowest BCUT2D eigenvalue weighted by Crippen LogP contribution is -2.17. The first kappa shape index (κ1) is 9.64. The molecule has 0 saturated carbocycles. The van der Waals surface area contributed by atoms with Gasteiger partial charge in [0.15, 0.2) is 17.3 Å². The Balaban J connectivity index is 2.31. The number of hydrogen-bond acceptors (Lipinski definition) is 4. The molecule has 15 heavy (non-hydrogen) atoms. The molecule has 0 aromatic heterocycles. The van der Waals surface area contributed by atoms with Crippen LogP contribution in [0.1, 0.15) is 5.56 Å². The van der Waals surface area contributed by atoms with Crippen molar-refractivity contribution in [3.05, 3.63) is 23.8 Å². The zero-order valence-electron chi connectivity index (χ0n) is 8.40. The fourth-order valence-corrected chi connectivity index (χ4v) is 1.35. The molecule has 0 radical (unpaired) electrons. The third-order valence-electron chi connectivity index (χ3n) is 2.03. The lowest BCUT2D eigenvalue weighted by molar-refractivity contribution is 0.171. The zero-order chi connectivity index (χ0) is 10.7. The molecule has 5 nitrogen and oxygen atoms in total. The van der Waals surface area contributed by atoms with Crippen LogP contribution in [-0.2, 0) is 4.84 Å². The van der Waals surface area contributed by atoms with Crippen molar-refractivity contribution in [1.29, 1.82) is 0 Å². The summed E-state index contributed by atoms with van der Waals surface area (Å²) < 4.78 is 10.8. The predicted octanol–water partition coefficient (Wildman–Crippen LogP) is 0.725. The molecule has 0 unspecified atom stereocenters. The minimum Gasteiger partial charge on any atom is -0.486 e. The maximum Gasteiger partial charge on any atom is 0.170 e. The van der Waals surface area contributed by atoms with Crippen LogP contribution in [0, 0.1) is 0 Å². The SMILES string of the molecule is CO/N=C(\N)c1ccc2c(c1)OCCO2. The van der Waals surface area contributed by atoms with E-state index in [9.17, 15) is 0 Å². The molecule has 0 bridgehead atoms. The van der Waals surface area contributed by atoms with Crippen molar-refractivity contribution in [2.45, 2.75) is 0 Å². The van der Waals surface area contributed by atoms with Crippen LogP contribution >= 0.6 is 0 Å². The topological polar surface area (TPSA) is 66.1 Å². The summed E-state index contributed by atoms with van der Waals surface area (Å²) in [7, 11) is 1.45. The van der Waals surface area contributed by atoms with Gasteiger partial charge in [-0.05, 0) is 18.2 Å². The lowest BCUT2D eigenvalue weighted by atomic mass is 10.2. The molecule has 1 aromatic rings. The summed E-state index contributed by atoms with van der Waals surface area (Å²) in [5.74, 6) is 1.73. The van der Waals surface area contributed by atoms with Crippen LogP contribution in [0.25, 0.3) is 0 Å². The number of ether oxygens (including phenoxy) is 2. The molecule has 80 valence electrons. The Morgan fingerprint density at radius 1 is 1.33 bits per heavy atom. The third kappa shape index (κ3) is 1.96. The highest BCUT2D eigenvalue weighted by Gasteiger charge is 2.12. The van der Waals surface area contributed by atoms with E-state index in [-0.39, 0.29) is 0 Å².